The molecule has 1 N–H and O–H groups in total. The fourth-order valence-corrected chi connectivity index (χ4v) is 2.77. The zero-order valence-corrected chi connectivity index (χ0v) is 13.8. The molecular weight excluding hydrogens is 327 g/mol. The highest BCUT2D eigenvalue weighted by Gasteiger charge is 2.38. The molecule has 8 heteroatoms. The van der Waals surface area contributed by atoms with Gasteiger partial charge in [-0.25, -0.2) is 0 Å². The second-order valence-electron chi connectivity index (χ2n) is 5.57. The molecule has 0 aliphatic carbocycles. The second-order valence-corrected chi connectivity index (χ2v) is 5.57. The first-order valence-electron chi connectivity index (χ1n) is 7.49. The number of fused-ring (bicyclic) bond motifs is 1. The third-order valence-corrected chi connectivity index (χ3v) is 4.01. The Balaban J connectivity index is 2.30. The molecule has 0 bridgehead atoms. The monoisotopic (exact) mass is 347 g/mol. The van der Waals surface area contributed by atoms with Crippen LogP contribution in [0.5, 0.6) is 11.5 Å². The van der Waals surface area contributed by atoms with Crippen molar-refractivity contribution in [2.45, 2.75) is 32.0 Å². The van der Waals surface area contributed by atoms with Gasteiger partial charge in [0.25, 0.3) is 0 Å². The van der Waals surface area contributed by atoms with E-state index in [0.717, 1.165) is 11.1 Å². The van der Waals surface area contributed by atoms with Crippen LogP contribution in [0.4, 0.5) is 13.2 Å². The summed E-state index contributed by atoms with van der Waals surface area (Å²) in [5.41, 5.74) is 2.49. The number of alkyl halides is 3. The molecule has 1 aliphatic rings. The molecule has 0 radical (unpaired) electrons. The summed E-state index contributed by atoms with van der Waals surface area (Å²) in [6.07, 6.45) is -4.22. The van der Waals surface area contributed by atoms with Crippen LogP contribution in [0.1, 0.15) is 29.5 Å². The number of carbonyl (C=O) groups excluding carboxylic acids is 1. The molecule has 1 aromatic carbocycles. The Morgan fingerprint density at radius 2 is 2.04 bits per heavy atom. The van der Waals surface area contributed by atoms with Crippen molar-refractivity contribution < 1.29 is 32.2 Å². The first kappa shape index (κ1) is 18.4. The standard InChI is InChI=1S/C16H20F3NO4/c1-9(7-20-15(21)16(17,18)19)11-6-13(22-2)10-4-5-24-8-12(10)14(11)23-3/h6,9H,4-5,7-8H2,1-3H3,(H,20,21). The van der Waals surface area contributed by atoms with E-state index < -0.39 is 18.0 Å². The van der Waals surface area contributed by atoms with Crippen molar-refractivity contribution in [1.29, 1.82) is 0 Å². The topological polar surface area (TPSA) is 56.8 Å². The van der Waals surface area contributed by atoms with Crippen molar-refractivity contribution in [3.63, 3.8) is 0 Å². The van der Waals surface area contributed by atoms with Crippen molar-refractivity contribution >= 4 is 5.91 Å². The fraction of sp³-hybridized carbons (Fsp3) is 0.562. The van der Waals surface area contributed by atoms with Crippen LogP contribution < -0.4 is 14.8 Å². The molecule has 1 unspecified atom stereocenters. The highest BCUT2D eigenvalue weighted by atomic mass is 19.4. The Morgan fingerprint density at radius 3 is 2.62 bits per heavy atom. The maximum absolute atomic E-state index is 12.3. The van der Waals surface area contributed by atoms with Gasteiger partial charge in [-0.3, -0.25) is 4.79 Å². The van der Waals surface area contributed by atoms with Gasteiger partial charge < -0.3 is 19.5 Å². The first-order chi connectivity index (χ1) is 11.3. The van der Waals surface area contributed by atoms with Crippen LogP contribution in [0.15, 0.2) is 6.07 Å². The number of hydrogen-bond acceptors (Lipinski definition) is 4. The van der Waals surface area contributed by atoms with Crippen molar-refractivity contribution in [1.82, 2.24) is 5.32 Å². The van der Waals surface area contributed by atoms with Gasteiger partial charge in [-0.1, -0.05) is 6.92 Å². The van der Waals surface area contributed by atoms with E-state index in [4.69, 9.17) is 14.2 Å². The van der Waals surface area contributed by atoms with Gasteiger partial charge >= 0.3 is 12.1 Å². The summed E-state index contributed by atoms with van der Waals surface area (Å²) in [6.45, 7) is 2.47. The van der Waals surface area contributed by atoms with E-state index in [1.54, 1.807) is 13.0 Å². The predicted molar refractivity (Wildman–Crippen MR) is 80.4 cm³/mol. The molecule has 1 aromatic rings. The van der Waals surface area contributed by atoms with Crippen LogP contribution >= 0.6 is 0 Å². The Bertz CT molecular complexity index is 616. The molecule has 24 heavy (non-hydrogen) atoms. The molecule has 0 fully saturated rings. The molecule has 0 aromatic heterocycles. The molecular formula is C16H20F3NO4. The third-order valence-electron chi connectivity index (χ3n) is 4.01. The summed E-state index contributed by atoms with van der Waals surface area (Å²) in [5.74, 6) is -1.13. The van der Waals surface area contributed by atoms with Crippen LogP contribution in [0.2, 0.25) is 0 Å². The van der Waals surface area contributed by atoms with Gasteiger partial charge in [0, 0.05) is 29.2 Å². The summed E-state index contributed by atoms with van der Waals surface area (Å²) < 4.78 is 53.3. The number of methoxy groups -OCH3 is 2. The van der Waals surface area contributed by atoms with Crippen LogP contribution in [0, 0.1) is 0 Å². The molecule has 1 aliphatic heterocycles. The molecule has 2 rings (SSSR count). The van der Waals surface area contributed by atoms with Gasteiger partial charge in [-0.05, 0) is 12.5 Å². The minimum absolute atomic E-state index is 0.169. The zero-order chi connectivity index (χ0) is 17.9. The highest BCUT2D eigenvalue weighted by molar-refractivity contribution is 5.81. The van der Waals surface area contributed by atoms with Gasteiger partial charge in [0.2, 0.25) is 0 Å². The van der Waals surface area contributed by atoms with Crippen molar-refractivity contribution in [3.8, 4) is 11.5 Å². The van der Waals surface area contributed by atoms with Crippen LogP contribution in [0.25, 0.3) is 0 Å². The molecule has 1 amide bonds. The molecule has 1 atom stereocenters. The predicted octanol–water partition coefficient (Wildman–Crippen LogP) is 2.56. The van der Waals surface area contributed by atoms with E-state index in [1.165, 1.54) is 14.2 Å². The van der Waals surface area contributed by atoms with Gasteiger partial charge in [-0.2, -0.15) is 13.2 Å². The smallest absolute Gasteiger partial charge is 0.471 e. The van der Waals surface area contributed by atoms with Gasteiger partial charge in [0.1, 0.15) is 11.5 Å². The zero-order valence-electron chi connectivity index (χ0n) is 13.8. The van der Waals surface area contributed by atoms with Gasteiger partial charge in [-0.15, -0.1) is 0 Å². The third kappa shape index (κ3) is 3.75. The number of halogens is 3. The number of nitrogens with one attached hydrogen (secondary N) is 1. The van der Waals surface area contributed by atoms with Crippen LogP contribution in [0.3, 0.4) is 0 Å². The molecule has 134 valence electrons. The molecule has 1 heterocycles. The van der Waals surface area contributed by atoms with E-state index in [9.17, 15) is 18.0 Å². The van der Waals surface area contributed by atoms with E-state index in [0.29, 0.717) is 36.7 Å². The second kappa shape index (κ2) is 7.29. The number of carbonyl (C=O) groups is 1. The first-order valence-corrected chi connectivity index (χ1v) is 7.49. The lowest BCUT2D eigenvalue weighted by molar-refractivity contribution is -0.173. The SMILES string of the molecule is COc1cc(C(C)CNC(=O)C(F)(F)F)c(OC)c2c1CCOC2. The molecule has 0 spiro atoms. The lowest BCUT2D eigenvalue weighted by Gasteiger charge is -2.26. The summed E-state index contributed by atoms with van der Waals surface area (Å²) in [6, 6.07) is 1.76. The number of rotatable bonds is 5. The lowest BCUT2D eigenvalue weighted by atomic mass is 9.91. The molecule has 5 nitrogen and oxygen atoms in total. The average molecular weight is 347 g/mol. The number of hydrogen-bond donors (Lipinski definition) is 1. The van der Waals surface area contributed by atoms with Crippen LogP contribution in [-0.4, -0.2) is 39.5 Å². The number of ether oxygens (including phenoxy) is 3. The van der Waals surface area contributed by atoms with E-state index in [-0.39, 0.29) is 6.54 Å². The van der Waals surface area contributed by atoms with Crippen molar-refractivity contribution in [2.75, 3.05) is 27.4 Å². The van der Waals surface area contributed by atoms with E-state index in [2.05, 4.69) is 0 Å². The van der Waals surface area contributed by atoms with Crippen molar-refractivity contribution in [2.24, 2.45) is 0 Å². The summed E-state index contributed by atoms with van der Waals surface area (Å²) >= 11 is 0. The molecule has 0 saturated heterocycles. The minimum Gasteiger partial charge on any atom is -0.496 e. The quantitative estimate of drug-likeness (QED) is 0.889. The Morgan fingerprint density at radius 1 is 1.33 bits per heavy atom. The Hall–Kier alpha value is -1.96. The minimum atomic E-state index is -4.90. The maximum Gasteiger partial charge on any atom is 0.471 e. The van der Waals surface area contributed by atoms with Gasteiger partial charge in [0.05, 0.1) is 27.4 Å². The largest absolute Gasteiger partial charge is 0.496 e. The number of benzene rings is 1. The lowest BCUT2D eigenvalue weighted by Crippen LogP contribution is -2.38. The Kier molecular flexibility index (Phi) is 5.58. The summed E-state index contributed by atoms with van der Waals surface area (Å²) in [4.78, 5) is 11.0. The number of amides is 1. The fourth-order valence-electron chi connectivity index (χ4n) is 2.77. The van der Waals surface area contributed by atoms with E-state index in [1.807, 2.05) is 5.32 Å². The summed E-state index contributed by atoms with van der Waals surface area (Å²) in [5, 5.41) is 1.90. The Labute approximate surface area is 138 Å². The molecule has 0 saturated carbocycles. The van der Waals surface area contributed by atoms with Crippen LogP contribution in [-0.2, 0) is 22.6 Å². The average Bonchev–Trinajstić information content (AvgIpc) is 2.56. The maximum atomic E-state index is 12.3. The van der Waals surface area contributed by atoms with Crippen molar-refractivity contribution in [3.05, 3.63) is 22.8 Å². The van der Waals surface area contributed by atoms with E-state index >= 15 is 0 Å². The van der Waals surface area contributed by atoms with Gasteiger partial charge in [0.15, 0.2) is 0 Å². The highest BCUT2D eigenvalue weighted by Crippen LogP contribution is 2.40. The summed E-state index contributed by atoms with van der Waals surface area (Å²) in [7, 11) is 3.04. The normalized spacial score (nSPS) is 15.4.